The fraction of sp³-hybridized carbons (Fsp3) is 0.227. The summed E-state index contributed by atoms with van der Waals surface area (Å²) in [5.74, 6) is -1.05. The Labute approximate surface area is 168 Å². The number of aliphatic hydroxyl groups excluding tert-OH is 1. The van der Waals surface area contributed by atoms with Gasteiger partial charge in [0.25, 0.3) is 11.7 Å². The van der Waals surface area contributed by atoms with Gasteiger partial charge in [-0.2, -0.15) is 0 Å². The van der Waals surface area contributed by atoms with Crippen molar-refractivity contribution in [2.75, 3.05) is 26.9 Å². The Hall–Kier alpha value is -3.45. The standard InChI is InChI=1S/C22H22N2O5/c1-3-12-29-17-8-6-15(7-9-17)20(25)18-19(16-5-4-10-23-14-16)24(11-13-28-2)22(27)21(18)26/h3-10,14,19,25H,1,11-13H2,2H3/b20-18-/t19-/m1/s1. The van der Waals surface area contributed by atoms with Gasteiger partial charge in [0.2, 0.25) is 0 Å². The van der Waals surface area contributed by atoms with Crippen molar-refractivity contribution in [1.82, 2.24) is 9.88 Å². The molecule has 1 aliphatic heterocycles. The van der Waals surface area contributed by atoms with Crippen LogP contribution in [0, 0.1) is 0 Å². The molecule has 1 aliphatic rings. The second kappa shape index (κ2) is 9.16. The quantitative estimate of drug-likeness (QED) is 0.321. The van der Waals surface area contributed by atoms with Gasteiger partial charge in [-0.05, 0) is 35.9 Å². The lowest BCUT2D eigenvalue weighted by Gasteiger charge is -2.24. The van der Waals surface area contributed by atoms with Crippen LogP contribution in [0.15, 0.2) is 67.0 Å². The van der Waals surface area contributed by atoms with Crippen molar-refractivity contribution in [3.8, 4) is 5.75 Å². The molecule has 0 aliphatic carbocycles. The van der Waals surface area contributed by atoms with Crippen LogP contribution in [-0.4, -0.2) is 53.5 Å². The molecule has 1 aromatic heterocycles. The molecule has 1 fully saturated rings. The first kappa shape index (κ1) is 20.3. The van der Waals surface area contributed by atoms with Gasteiger partial charge in [-0.3, -0.25) is 14.6 Å². The number of aromatic nitrogens is 1. The number of likely N-dealkylation sites (tertiary alicyclic amines) is 1. The van der Waals surface area contributed by atoms with E-state index in [-0.39, 0.29) is 24.5 Å². The minimum atomic E-state index is -0.740. The second-order valence-electron chi connectivity index (χ2n) is 6.40. The van der Waals surface area contributed by atoms with Gasteiger partial charge in [-0.25, -0.2) is 0 Å². The maximum absolute atomic E-state index is 12.8. The van der Waals surface area contributed by atoms with E-state index in [2.05, 4.69) is 11.6 Å². The summed E-state index contributed by atoms with van der Waals surface area (Å²) in [5, 5.41) is 10.9. The van der Waals surface area contributed by atoms with Crippen molar-refractivity contribution in [3.63, 3.8) is 0 Å². The summed E-state index contributed by atoms with van der Waals surface area (Å²) in [7, 11) is 1.52. The highest BCUT2D eigenvalue weighted by atomic mass is 16.5. The number of ether oxygens (including phenoxy) is 2. The van der Waals surface area contributed by atoms with Gasteiger partial charge in [0.15, 0.2) is 0 Å². The number of rotatable bonds is 8. The molecule has 7 heteroatoms. The molecule has 0 unspecified atom stereocenters. The van der Waals surface area contributed by atoms with Gasteiger partial charge in [0.05, 0.1) is 18.2 Å². The van der Waals surface area contributed by atoms with Crippen LogP contribution in [-0.2, 0) is 14.3 Å². The number of ketones is 1. The average Bonchev–Trinajstić information content (AvgIpc) is 3.01. The van der Waals surface area contributed by atoms with E-state index < -0.39 is 17.7 Å². The molecule has 7 nitrogen and oxygen atoms in total. The third-order valence-corrected chi connectivity index (χ3v) is 4.57. The number of Topliss-reactive ketones (excluding diaryl/α,β-unsaturated/α-hetero) is 1. The molecular weight excluding hydrogens is 372 g/mol. The van der Waals surface area contributed by atoms with Gasteiger partial charge >= 0.3 is 0 Å². The van der Waals surface area contributed by atoms with Crippen molar-refractivity contribution in [3.05, 3.63) is 78.1 Å². The third-order valence-electron chi connectivity index (χ3n) is 4.57. The summed E-state index contributed by atoms with van der Waals surface area (Å²) < 4.78 is 10.5. The Bertz CT molecular complexity index is 922. The smallest absolute Gasteiger partial charge is 0.295 e. The van der Waals surface area contributed by atoms with Gasteiger partial charge in [-0.15, -0.1) is 0 Å². The number of methoxy groups -OCH3 is 1. The molecule has 0 radical (unpaired) electrons. The van der Waals surface area contributed by atoms with Crippen molar-refractivity contribution >= 4 is 17.4 Å². The minimum absolute atomic E-state index is 0.0267. The molecule has 2 heterocycles. The molecule has 1 amide bonds. The molecule has 3 rings (SSSR count). The van der Waals surface area contributed by atoms with E-state index in [4.69, 9.17) is 9.47 Å². The molecule has 0 bridgehead atoms. The van der Waals surface area contributed by atoms with E-state index in [1.807, 2.05) is 0 Å². The van der Waals surface area contributed by atoms with Crippen molar-refractivity contribution in [2.24, 2.45) is 0 Å². The van der Waals surface area contributed by atoms with Crippen LogP contribution in [0.3, 0.4) is 0 Å². The SMILES string of the molecule is C=CCOc1ccc(/C(O)=C2/C(=O)C(=O)N(CCOC)[C@@H]2c2cccnc2)cc1. The molecule has 1 saturated heterocycles. The first-order valence-corrected chi connectivity index (χ1v) is 9.10. The lowest BCUT2D eigenvalue weighted by Crippen LogP contribution is -2.32. The highest BCUT2D eigenvalue weighted by molar-refractivity contribution is 6.46. The maximum Gasteiger partial charge on any atom is 0.295 e. The molecule has 29 heavy (non-hydrogen) atoms. The summed E-state index contributed by atoms with van der Waals surface area (Å²) in [4.78, 5) is 30.9. The molecule has 0 spiro atoms. The van der Waals surface area contributed by atoms with Crippen molar-refractivity contribution in [2.45, 2.75) is 6.04 Å². The number of carbonyl (C=O) groups excluding carboxylic acids is 2. The third kappa shape index (κ3) is 4.20. The van der Waals surface area contributed by atoms with Gasteiger partial charge in [0.1, 0.15) is 18.1 Å². The number of hydrogen-bond acceptors (Lipinski definition) is 6. The van der Waals surface area contributed by atoms with E-state index >= 15 is 0 Å². The topological polar surface area (TPSA) is 89.0 Å². The number of pyridine rings is 1. The number of nitrogens with zero attached hydrogens (tertiary/aromatic N) is 2. The van der Waals surface area contributed by atoms with Crippen LogP contribution in [0.4, 0.5) is 0 Å². The van der Waals surface area contributed by atoms with Crippen molar-refractivity contribution in [1.29, 1.82) is 0 Å². The monoisotopic (exact) mass is 394 g/mol. The van der Waals surface area contributed by atoms with Crippen LogP contribution in [0.2, 0.25) is 0 Å². The van der Waals surface area contributed by atoms with Gasteiger partial charge in [0, 0.05) is 31.6 Å². The van der Waals surface area contributed by atoms with Gasteiger partial charge in [-0.1, -0.05) is 18.7 Å². The maximum atomic E-state index is 12.8. The number of aliphatic hydroxyl groups is 1. The molecular formula is C22H22N2O5. The minimum Gasteiger partial charge on any atom is -0.507 e. The highest BCUT2D eigenvalue weighted by Gasteiger charge is 2.45. The fourth-order valence-corrected chi connectivity index (χ4v) is 3.20. The predicted octanol–water partition coefficient (Wildman–Crippen LogP) is 2.71. The Morgan fingerprint density at radius 3 is 2.66 bits per heavy atom. The van der Waals surface area contributed by atoms with E-state index in [1.165, 1.54) is 12.0 Å². The summed E-state index contributed by atoms with van der Waals surface area (Å²) in [5.41, 5.74) is 1.07. The van der Waals surface area contributed by atoms with Crippen LogP contribution in [0.1, 0.15) is 17.2 Å². The van der Waals surface area contributed by atoms with E-state index in [9.17, 15) is 14.7 Å². The Kier molecular flexibility index (Phi) is 6.41. The van der Waals surface area contributed by atoms with Crippen LogP contribution in [0.25, 0.3) is 5.76 Å². The number of amides is 1. The molecule has 2 aromatic rings. The summed E-state index contributed by atoms with van der Waals surface area (Å²) in [6.45, 7) is 4.43. The summed E-state index contributed by atoms with van der Waals surface area (Å²) in [6, 6.07) is 9.38. The van der Waals surface area contributed by atoms with Crippen molar-refractivity contribution < 1.29 is 24.2 Å². The largest absolute Gasteiger partial charge is 0.507 e. The zero-order chi connectivity index (χ0) is 20.8. The van der Waals surface area contributed by atoms with Crippen LogP contribution < -0.4 is 4.74 Å². The van der Waals surface area contributed by atoms with E-state index in [0.29, 0.717) is 23.5 Å². The fourth-order valence-electron chi connectivity index (χ4n) is 3.20. The summed E-state index contributed by atoms with van der Waals surface area (Å²) in [6.07, 6.45) is 4.81. The Balaban J connectivity index is 2.04. The number of carbonyl (C=O) groups is 2. The van der Waals surface area contributed by atoms with Crippen LogP contribution in [0.5, 0.6) is 5.75 Å². The molecule has 1 atom stereocenters. The normalized spacial score (nSPS) is 18.1. The van der Waals surface area contributed by atoms with E-state index in [0.717, 1.165) is 0 Å². The first-order chi connectivity index (χ1) is 14.1. The van der Waals surface area contributed by atoms with E-state index in [1.54, 1.807) is 54.9 Å². The number of hydrogen-bond donors (Lipinski definition) is 1. The second-order valence-corrected chi connectivity index (χ2v) is 6.40. The Morgan fingerprint density at radius 1 is 1.28 bits per heavy atom. The molecule has 0 saturated carbocycles. The Morgan fingerprint density at radius 2 is 2.03 bits per heavy atom. The zero-order valence-corrected chi connectivity index (χ0v) is 16.1. The first-order valence-electron chi connectivity index (χ1n) is 9.10. The average molecular weight is 394 g/mol. The highest BCUT2D eigenvalue weighted by Crippen LogP contribution is 2.39. The zero-order valence-electron chi connectivity index (χ0n) is 16.1. The summed E-state index contributed by atoms with van der Waals surface area (Å²) >= 11 is 0. The lowest BCUT2D eigenvalue weighted by atomic mass is 9.96. The molecule has 1 N–H and O–H groups in total. The number of benzene rings is 1. The van der Waals surface area contributed by atoms with Gasteiger partial charge < -0.3 is 19.5 Å². The molecule has 150 valence electrons. The predicted molar refractivity (Wildman–Crippen MR) is 107 cm³/mol. The molecule has 1 aromatic carbocycles. The van der Waals surface area contributed by atoms with Crippen LogP contribution >= 0.6 is 0 Å². The lowest BCUT2D eigenvalue weighted by molar-refractivity contribution is -0.140.